The predicted molar refractivity (Wildman–Crippen MR) is 199 cm³/mol. The molecule has 0 saturated heterocycles. The van der Waals surface area contributed by atoms with Gasteiger partial charge < -0.3 is 47.0 Å². The molecule has 53 heavy (non-hydrogen) atoms. The molecule has 0 aliphatic carbocycles. The van der Waals surface area contributed by atoms with Crippen molar-refractivity contribution in [1.82, 2.24) is 25.9 Å². The van der Waals surface area contributed by atoms with Gasteiger partial charge in [-0.15, -0.1) is 0 Å². The molecule has 0 radical (unpaired) electrons. The molecule has 10 N–H and O–H groups in total. The second-order valence-corrected chi connectivity index (χ2v) is 13.0. The third-order valence-corrected chi connectivity index (χ3v) is 9.18. The van der Waals surface area contributed by atoms with Crippen molar-refractivity contribution in [2.75, 3.05) is 0 Å². The Morgan fingerprint density at radius 2 is 0.962 bits per heavy atom. The Bertz CT molecular complexity index is 2230. The van der Waals surface area contributed by atoms with E-state index in [1.54, 1.807) is 36.7 Å². The molecular formula is C40H40N6O7. The number of benzene rings is 4. The van der Waals surface area contributed by atoms with Crippen LogP contribution in [0.15, 0.2) is 109 Å². The Kier molecular flexibility index (Phi) is 11.0. The van der Waals surface area contributed by atoms with Crippen LogP contribution in [0.4, 0.5) is 0 Å². The summed E-state index contributed by atoms with van der Waals surface area (Å²) in [7, 11) is 0. The third kappa shape index (κ3) is 9.01. The summed E-state index contributed by atoms with van der Waals surface area (Å²) in [5.41, 5.74) is 10.8. The van der Waals surface area contributed by atoms with Gasteiger partial charge in [0.2, 0.25) is 17.7 Å². The van der Waals surface area contributed by atoms with Crippen LogP contribution in [0.3, 0.4) is 0 Å². The Hall–Kier alpha value is -6.60. The van der Waals surface area contributed by atoms with E-state index in [1.807, 2.05) is 48.5 Å². The van der Waals surface area contributed by atoms with Crippen LogP contribution in [0.25, 0.3) is 21.8 Å². The highest BCUT2D eigenvalue weighted by atomic mass is 16.4. The average Bonchev–Trinajstić information content (AvgIpc) is 3.76. The summed E-state index contributed by atoms with van der Waals surface area (Å²) in [6.07, 6.45) is 3.61. The van der Waals surface area contributed by atoms with Crippen molar-refractivity contribution in [3.05, 3.63) is 132 Å². The van der Waals surface area contributed by atoms with Gasteiger partial charge in [0.25, 0.3) is 0 Å². The number of amides is 3. The molecule has 13 nitrogen and oxygen atoms in total. The van der Waals surface area contributed by atoms with E-state index in [4.69, 9.17) is 5.73 Å². The van der Waals surface area contributed by atoms with Crippen molar-refractivity contribution in [2.24, 2.45) is 5.73 Å². The summed E-state index contributed by atoms with van der Waals surface area (Å²) in [5, 5.41) is 39.4. The molecule has 3 amide bonds. The first-order valence-corrected chi connectivity index (χ1v) is 17.1. The van der Waals surface area contributed by atoms with E-state index in [-0.39, 0.29) is 37.2 Å². The lowest BCUT2D eigenvalue weighted by atomic mass is 10.00. The maximum atomic E-state index is 14.2. The number of nitrogens with one attached hydrogen (secondary N) is 5. The summed E-state index contributed by atoms with van der Waals surface area (Å²) in [5.74, 6) is -3.29. The van der Waals surface area contributed by atoms with E-state index in [2.05, 4.69) is 25.9 Å². The zero-order valence-electron chi connectivity index (χ0n) is 28.6. The predicted octanol–water partition coefficient (Wildman–Crippen LogP) is 3.20. The second kappa shape index (κ2) is 16.2. The van der Waals surface area contributed by atoms with Crippen LogP contribution in [0.2, 0.25) is 0 Å². The maximum absolute atomic E-state index is 14.2. The molecule has 0 aliphatic rings. The number of hydrogen-bond donors (Lipinski definition) is 9. The number of phenols is 2. The number of carbonyl (C=O) groups is 4. The fourth-order valence-electron chi connectivity index (χ4n) is 6.33. The molecule has 272 valence electrons. The Balaban J connectivity index is 1.25. The molecule has 0 aliphatic heterocycles. The molecule has 0 fully saturated rings. The van der Waals surface area contributed by atoms with Crippen LogP contribution in [0.1, 0.15) is 22.3 Å². The highest BCUT2D eigenvalue weighted by Gasteiger charge is 2.31. The van der Waals surface area contributed by atoms with Crippen molar-refractivity contribution in [3.8, 4) is 11.5 Å². The van der Waals surface area contributed by atoms with Crippen molar-refractivity contribution in [3.63, 3.8) is 0 Å². The molecule has 0 bridgehead atoms. The smallest absolute Gasteiger partial charge is 0.326 e. The lowest BCUT2D eigenvalue weighted by molar-refractivity contribution is -0.142. The third-order valence-electron chi connectivity index (χ3n) is 9.18. The van der Waals surface area contributed by atoms with Crippen molar-refractivity contribution in [1.29, 1.82) is 0 Å². The number of rotatable bonds is 15. The van der Waals surface area contributed by atoms with Gasteiger partial charge in [-0.1, -0.05) is 60.7 Å². The number of carboxylic acids is 1. The molecule has 0 unspecified atom stereocenters. The molecule has 2 heterocycles. The molecule has 13 heteroatoms. The number of hydrogen-bond acceptors (Lipinski definition) is 7. The number of phenolic OH excluding ortho intramolecular Hbond substituents is 2. The number of aromatic hydroxyl groups is 2. The number of H-pyrrole nitrogens is 2. The Labute approximate surface area is 304 Å². The number of nitrogens with two attached hydrogens (primary N) is 1. The maximum Gasteiger partial charge on any atom is 0.326 e. The molecular weight excluding hydrogens is 676 g/mol. The molecule has 4 atom stereocenters. The molecule has 0 spiro atoms. The number of fused-ring (bicyclic) bond motifs is 2. The monoisotopic (exact) mass is 716 g/mol. The highest BCUT2D eigenvalue weighted by Crippen LogP contribution is 2.21. The number of para-hydroxylation sites is 2. The zero-order chi connectivity index (χ0) is 37.5. The highest BCUT2D eigenvalue weighted by molar-refractivity contribution is 5.95. The van der Waals surface area contributed by atoms with Crippen LogP contribution in [0.5, 0.6) is 11.5 Å². The largest absolute Gasteiger partial charge is 0.508 e. The average molecular weight is 717 g/mol. The topological polar surface area (TPSA) is 223 Å². The minimum atomic E-state index is -1.36. The summed E-state index contributed by atoms with van der Waals surface area (Å²) < 4.78 is 0. The fraction of sp³-hybridized carbons (Fsp3) is 0.200. The quantitative estimate of drug-likeness (QED) is 0.0766. The van der Waals surface area contributed by atoms with Gasteiger partial charge in [-0.2, -0.15) is 0 Å². The number of aliphatic carboxylic acids is 1. The Morgan fingerprint density at radius 1 is 0.547 bits per heavy atom. The number of carboxylic acid groups (broad SMARTS) is 1. The van der Waals surface area contributed by atoms with Gasteiger partial charge in [0.05, 0.1) is 6.04 Å². The van der Waals surface area contributed by atoms with Gasteiger partial charge in [0.15, 0.2) is 0 Å². The van der Waals surface area contributed by atoms with Gasteiger partial charge in [-0.05, 0) is 65.1 Å². The van der Waals surface area contributed by atoms with Crippen LogP contribution in [0, 0.1) is 0 Å². The lowest BCUT2D eigenvalue weighted by Gasteiger charge is -2.25. The van der Waals surface area contributed by atoms with Crippen LogP contribution in [-0.2, 0) is 44.9 Å². The van der Waals surface area contributed by atoms with E-state index < -0.39 is 47.9 Å². The van der Waals surface area contributed by atoms with Gasteiger partial charge in [-0.3, -0.25) is 14.4 Å². The number of carbonyl (C=O) groups excluding carboxylic acids is 3. The first-order valence-electron chi connectivity index (χ1n) is 17.1. The van der Waals surface area contributed by atoms with Crippen LogP contribution < -0.4 is 21.7 Å². The minimum Gasteiger partial charge on any atom is -0.508 e. The summed E-state index contributed by atoms with van der Waals surface area (Å²) >= 11 is 0. The van der Waals surface area contributed by atoms with Crippen molar-refractivity contribution in [2.45, 2.75) is 49.9 Å². The lowest BCUT2D eigenvalue weighted by Crippen LogP contribution is -2.58. The standard InChI is InChI=1S/C40H40N6O7/c41-31(19-25-21-42-32-7-3-1-5-29(25)32)37(49)44-34(17-23-9-13-27(47)14-10-23)38(50)45-35(20-26-22-43-33-8-4-2-6-30(26)33)39(51)46-36(40(52)53)18-24-11-15-28(48)16-12-24/h1-16,21-22,31,34-36,42-43,47-48H,17-20,41H2,(H,44,49)(H,45,50)(H,46,51)(H,52,53)/t31-,34-,35-,36-/m0/s1. The summed E-state index contributed by atoms with van der Waals surface area (Å²) in [6, 6.07) is 22.3. The molecule has 0 saturated carbocycles. The van der Waals surface area contributed by atoms with E-state index in [1.165, 1.54) is 24.3 Å². The van der Waals surface area contributed by atoms with E-state index in [9.17, 15) is 34.5 Å². The Morgan fingerprint density at radius 3 is 1.47 bits per heavy atom. The molecule has 2 aromatic heterocycles. The molecule has 4 aromatic carbocycles. The van der Waals surface area contributed by atoms with E-state index >= 15 is 0 Å². The minimum absolute atomic E-state index is 0.00230. The normalized spacial score (nSPS) is 13.5. The number of aromatic amines is 2. The number of aromatic nitrogens is 2. The summed E-state index contributed by atoms with van der Waals surface area (Å²) in [6.45, 7) is 0. The first kappa shape index (κ1) is 36.2. The van der Waals surface area contributed by atoms with Crippen LogP contribution >= 0.6 is 0 Å². The van der Waals surface area contributed by atoms with Crippen molar-refractivity contribution >= 4 is 45.5 Å². The van der Waals surface area contributed by atoms with Crippen LogP contribution in [-0.4, -0.2) is 73.1 Å². The molecule has 6 aromatic rings. The van der Waals surface area contributed by atoms with Gasteiger partial charge >= 0.3 is 5.97 Å². The van der Waals surface area contributed by atoms with Gasteiger partial charge in [0, 0.05) is 53.5 Å². The van der Waals surface area contributed by atoms with Crippen molar-refractivity contribution < 1.29 is 34.5 Å². The van der Waals surface area contributed by atoms with E-state index in [0.717, 1.165) is 27.4 Å². The zero-order valence-corrected chi connectivity index (χ0v) is 28.6. The summed E-state index contributed by atoms with van der Waals surface area (Å²) in [4.78, 5) is 60.3. The first-order chi connectivity index (χ1) is 25.5. The SMILES string of the molecule is N[C@@H](Cc1c[nH]c2ccccc12)C(=O)N[C@@H](Cc1ccc(O)cc1)C(=O)N[C@@H](Cc1c[nH]c2ccccc12)C(=O)N[C@@H](Cc1ccc(O)cc1)C(=O)O. The van der Waals surface area contributed by atoms with E-state index in [0.29, 0.717) is 16.7 Å². The fourth-order valence-corrected chi connectivity index (χ4v) is 6.33. The van der Waals surface area contributed by atoms with Gasteiger partial charge in [0.1, 0.15) is 29.6 Å². The second-order valence-electron chi connectivity index (χ2n) is 13.0. The van der Waals surface area contributed by atoms with Gasteiger partial charge in [-0.25, -0.2) is 4.79 Å². The molecule has 6 rings (SSSR count).